The zero-order chi connectivity index (χ0) is 17.5. The van der Waals surface area contributed by atoms with E-state index in [2.05, 4.69) is 5.32 Å². The standard InChI is InChI=1S/C20H24N2O2/c1-15-7-6-10-19(13-15)22(17(3)23)12-11-20(24)21-14-18-9-5-4-8-16(18)2/h4-10,13H,11-12,14H2,1-3H3,(H,21,24). The van der Waals surface area contributed by atoms with Gasteiger partial charge in [-0.25, -0.2) is 0 Å². The largest absolute Gasteiger partial charge is 0.352 e. The smallest absolute Gasteiger partial charge is 0.223 e. The van der Waals surface area contributed by atoms with Gasteiger partial charge in [-0.05, 0) is 42.7 Å². The number of rotatable bonds is 6. The summed E-state index contributed by atoms with van der Waals surface area (Å²) in [7, 11) is 0. The Morgan fingerprint density at radius 2 is 1.79 bits per heavy atom. The van der Waals surface area contributed by atoms with Crippen molar-refractivity contribution in [3.8, 4) is 0 Å². The van der Waals surface area contributed by atoms with Crippen LogP contribution in [-0.2, 0) is 16.1 Å². The molecule has 0 saturated carbocycles. The summed E-state index contributed by atoms with van der Waals surface area (Å²) in [6, 6.07) is 15.7. The van der Waals surface area contributed by atoms with E-state index >= 15 is 0 Å². The van der Waals surface area contributed by atoms with Crippen LogP contribution in [0.2, 0.25) is 0 Å². The molecule has 0 heterocycles. The first-order valence-electron chi connectivity index (χ1n) is 8.13. The van der Waals surface area contributed by atoms with Gasteiger partial charge in [0.25, 0.3) is 0 Å². The molecule has 0 bridgehead atoms. The van der Waals surface area contributed by atoms with Crippen LogP contribution in [0.3, 0.4) is 0 Å². The molecule has 24 heavy (non-hydrogen) atoms. The first-order chi connectivity index (χ1) is 11.5. The van der Waals surface area contributed by atoms with Crippen molar-refractivity contribution < 1.29 is 9.59 Å². The molecular formula is C20H24N2O2. The van der Waals surface area contributed by atoms with Crippen molar-refractivity contribution in [1.82, 2.24) is 5.32 Å². The van der Waals surface area contributed by atoms with Crippen LogP contribution >= 0.6 is 0 Å². The number of hydrogen-bond acceptors (Lipinski definition) is 2. The van der Waals surface area contributed by atoms with Gasteiger partial charge in [0.15, 0.2) is 0 Å². The lowest BCUT2D eigenvalue weighted by Gasteiger charge is -2.21. The SMILES string of the molecule is CC(=O)N(CCC(=O)NCc1ccccc1C)c1cccc(C)c1. The zero-order valence-electron chi connectivity index (χ0n) is 14.5. The van der Waals surface area contributed by atoms with Crippen molar-refractivity contribution in [2.75, 3.05) is 11.4 Å². The number of benzene rings is 2. The Morgan fingerprint density at radius 1 is 1.04 bits per heavy atom. The number of hydrogen-bond donors (Lipinski definition) is 1. The quantitative estimate of drug-likeness (QED) is 0.886. The fraction of sp³-hybridized carbons (Fsp3) is 0.300. The number of anilines is 1. The lowest BCUT2D eigenvalue weighted by atomic mass is 10.1. The first-order valence-corrected chi connectivity index (χ1v) is 8.13. The normalized spacial score (nSPS) is 10.3. The minimum atomic E-state index is -0.0627. The molecule has 0 aliphatic heterocycles. The van der Waals surface area contributed by atoms with Gasteiger partial charge in [-0.1, -0.05) is 36.4 Å². The molecule has 1 N–H and O–H groups in total. The fourth-order valence-electron chi connectivity index (χ4n) is 2.57. The van der Waals surface area contributed by atoms with E-state index in [1.807, 2.05) is 62.4 Å². The number of carbonyl (C=O) groups is 2. The van der Waals surface area contributed by atoms with E-state index in [0.717, 1.165) is 22.4 Å². The molecule has 0 radical (unpaired) electrons. The molecule has 2 rings (SSSR count). The molecule has 2 amide bonds. The molecular weight excluding hydrogens is 300 g/mol. The van der Waals surface area contributed by atoms with Gasteiger partial charge in [-0.15, -0.1) is 0 Å². The van der Waals surface area contributed by atoms with Gasteiger partial charge in [-0.3, -0.25) is 9.59 Å². The monoisotopic (exact) mass is 324 g/mol. The Morgan fingerprint density at radius 3 is 2.46 bits per heavy atom. The number of nitrogens with one attached hydrogen (secondary N) is 1. The van der Waals surface area contributed by atoms with Crippen LogP contribution in [0, 0.1) is 13.8 Å². The topological polar surface area (TPSA) is 49.4 Å². The molecule has 126 valence electrons. The molecule has 2 aromatic carbocycles. The number of amides is 2. The highest BCUT2D eigenvalue weighted by molar-refractivity contribution is 5.92. The highest BCUT2D eigenvalue weighted by atomic mass is 16.2. The van der Waals surface area contributed by atoms with Crippen molar-refractivity contribution in [2.24, 2.45) is 0 Å². The zero-order valence-corrected chi connectivity index (χ0v) is 14.5. The first kappa shape index (κ1) is 17.7. The summed E-state index contributed by atoms with van der Waals surface area (Å²) in [6.45, 7) is 6.41. The van der Waals surface area contributed by atoms with Gasteiger partial charge < -0.3 is 10.2 Å². The molecule has 0 unspecified atom stereocenters. The van der Waals surface area contributed by atoms with Crippen molar-refractivity contribution in [3.63, 3.8) is 0 Å². The van der Waals surface area contributed by atoms with E-state index in [9.17, 15) is 9.59 Å². The summed E-state index contributed by atoms with van der Waals surface area (Å²) in [6.07, 6.45) is 0.277. The van der Waals surface area contributed by atoms with Crippen LogP contribution < -0.4 is 10.2 Å². The summed E-state index contributed by atoms with van der Waals surface area (Å²) < 4.78 is 0. The molecule has 0 atom stereocenters. The third kappa shape index (κ3) is 4.95. The highest BCUT2D eigenvalue weighted by Crippen LogP contribution is 2.16. The van der Waals surface area contributed by atoms with Crippen molar-refractivity contribution in [3.05, 3.63) is 65.2 Å². The Labute approximate surface area is 143 Å². The van der Waals surface area contributed by atoms with Crippen LogP contribution in [0.25, 0.3) is 0 Å². The Balaban J connectivity index is 1.91. The van der Waals surface area contributed by atoms with E-state index < -0.39 is 0 Å². The molecule has 0 aromatic heterocycles. The minimum Gasteiger partial charge on any atom is -0.352 e. The summed E-state index contributed by atoms with van der Waals surface area (Å²) in [5.41, 5.74) is 4.17. The summed E-state index contributed by atoms with van der Waals surface area (Å²) >= 11 is 0. The van der Waals surface area contributed by atoms with E-state index in [4.69, 9.17) is 0 Å². The van der Waals surface area contributed by atoms with Gasteiger partial charge in [-0.2, -0.15) is 0 Å². The van der Waals surface area contributed by atoms with E-state index in [-0.39, 0.29) is 18.2 Å². The second-order valence-electron chi connectivity index (χ2n) is 5.96. The number of carbonyl (C=O) groups excluding carboxylic acids is 2. The van der Waals surface area contributed by atoms with Crippen LogP contribution in [0.5, 0.6) is 0 Å². The molecule has 0 fully saturated rings. The molecule has 0 aliphatic rings. The summed E-state index contributed by atoms with van der Waals surface area (Å²) in [5.74, 6) is -0.121. The van der Waals surface area contributed by atoms with Crippen LogP contribution in [0.4, 0.5) is 5.69 Å². The van der Waals surface area contributed by atoms with Crippen LogP contribution in [-0.4, -0.2) is 18.4 Å². The molecule has 0 spiro atoms. The fourth-order valence-corrected chi connectivity index (χ4v) is 2.57. The maximum atomic E-state index is 12.1. The predicted molar refractivity (Wildman–Crippen MR) is 96.8 cm³/mol. The van der Waals surface area contributed by atoms with Gasteiger partial charge in [0.1, 0.15) is 0 Å². The average Bonchev–Trinajstić information content (AvgIpc) is 2.54. The van der Waals surface area contributed by atoms with Crippen molar-refractivity contribution in [2.45, 2.75) is 33.7 Å². The van der Waals surface area contributed by atoms with E-state index in [1.165, 1.54) is 6.92 Å². The lowest BCUT2D eigenvalue weighted by molar-refractivity contribution is -0.121. The molecule has 0 saturated heterocycles. The molecule has 0 aliphatic carbocycles. The molecule has 2 aromatic rings. The van der Waals surface area contributed by atoms with E-state index in [0.29, 0.717) is 13.1 Å². The Bertz CT molecular complexity index is 725. The van der Waals surface area contributed by atoms with Crippen LogP contribution in [0.1, 0.15) is 30.0 Å². The van der Waals surface area contributed by atoms with Gasteiger partial charge >= 0.3 is 0 Å². The second kappa shape index (κ2) is 8.29. The van der Waals surface area contributed by atoms with Crippen molar-refractivity contribution in [1.29, 1.82) is 0 Å². The lowest BCUT2D eigenvalue weighted by Crippen LogP contribution is -2.33. The summed E-state index contributed by atoms with van der Waals surface area (Å²) in [4.78, 5) is 25.6. The average molecular weight is 324 g/mol. The predicted octanol–water partition coefficient (Wildman–Crippen LogP) is 3.36. The van der Waals surface area contributed by atoms with Gasteiger partial charge in [0.05, 0.1) is 0 Å². The third-order valence-corrected chi connectivity index (χ3v) is 3.99. The maximum Gasteiger partial charge on any atom is 0.223 e. The maximum absolute atomic E-state index is 12.1. The van der Waals surface area contributed by atoms with Crippen molar-refractivity contribution >= 4 is 17.5 Å². The number of nitrogens with zero attached hydrogens (tertiary/aromatic N) is 1. The van der Waals surface area contributed by atoms with E-state index in [1.54, 1.807) is 4.90 Å². The Kier molecular flexibility index (Phi) is 6.13. The number of aryl methyl sites for hydroxylation is 2. The van der Waals surface area contributed by atoms with Gasteiger partial charge in [0, 0.05) is 32.1 Å². The van der Waals surface area contributed by atoms with Crippen LogP contribution in [0.15, 0.2) is 48.5 Å². The summed E-state index contributed by atoms with van der Waals surface area (Å²) in [5, 5.41) is 2.92. The second-order valence-corrected chi connectivity index (χ2v) is 5.96. The minimum absolute atomic E-state index is 0.0582. The Hall–Kier alpha value is -2.62. The highest BCUT2D eigenvalue weighted by Gasteiger charge is 2.13. The molecule has 4 nitrogen and oxygen atoms in total. The molecule has 4 heteroatoms. The third-order valence-electron chi connectivity index (χ3n) is 3.99. The van der Waals surface area contributed by atoms with Gasteiger partial charge in [0.2, 0.25) is 11.8 Å².